The summed E-state index contributed by atoms with van der Waals surface area (Å²) in [5.74, 6) is -0.242. The molecule has 1 aromatic heterocycles. The predicted molar refractivity (Wildman–Crippen MR) is 87.4 cm³/mol. The zero-order chi connectivity index (χ0) is 15.6. The first-order valence-corrected chi connectivity index (χ1v) is 8.59. The highest BCUT2D eigenvalue weighted by Crippen LogP contribution is 2.33. The van der Waals surface area contributed by atoms with E-state index in [2.05, 4.69) is 5.32 Å². The van der Waals surface area contributed by atoms with E-state index in [0.717, 1.165) is 0 Å². The largest absolute Gasteiger partial charge is 0.373 e. The maximum atomic E-state index is 12.2. The summed E-state index contributed by atoms with van der Waals surface area (Å²) in [5.41, 5.74) is 0. The summed E-state index contributed by atoms with van der Waals surface area (Å²) in [6, 6.07) is 3.54. The Hall–Kier alpha value is -0.0400. The molecule has 118 valence electrons. The average molecular weight is 372 g/mol. The van der Waals surface area contributed by atoms with E-state index in [-0.39, 0.29) is 18.1 Å². The van der Waals surface area contributed by atoms with Crippen LogP contribution in [-0.2, 0) is 4.74 Å². The van der Waals surface area contributed by atoms with Gasteiger partial charge in [-0.15, -0.1) is 11.3 Å². The summed E-state index contributed by atoms with van der Waals surface area (Å²) in [4.78, 5) is 14.8. The van der Waals surface area contributed by atoms with Crippen molar-refractivity contribution >= 4 is 52.0 Å². The zero-order valence-electron chi connectivity index (χ0n) is 11.7. The molecule has 3 atom stereocenters. The molecule has 1 aromatic rings. The number of morpholine rings is 1. The Morgan fingerprint density at radius 3 is 2.52 bits per heavy atom. The summed E-state index contributed by atoms with van der Waals surface area (Å²) >= 11 is 19.6. The van der Waals surface area contributed by atoms with Crippen LogP contribution >= 0.6 is 46.1 Å². The number of carbonyl (C=O) groups is 1. The van der Waals surface area contributed by atoms with Crippen LogP contribution in [0.2, 0.25) is 0 Å². The van der Waals surface area contributed by atoms with Crippen molar-refractivity contribution in [3.63, 3.8) is 0 Å². The SMILES string of the molecule is C[C@@H]1CN([C@@H](NC(=O)c2cccs2)C(Cl)(Cl)Cl)C[C@@H](C)O1. The maximum Gasteiger partial charge on any atom is 0.262 e. The van der Waals surface area contributed by atoms with Crippen LogP contribution < -0.4 is 5.32 Å². The molecule has 0 unspecified atom stereocenters. The van der Waals surface area contributed by atoms with Gasteiger partial charge < -0.3 is 10.1 Å². The fourth-order valence-corrected chi connectivity index (χ4v) is 3.62. The third kappa shape index (κ3) is 4.71. The molecule has 1 fully saturated rings. The lowest BCUT2D eigenvalue weighted by Crippen LogP contribution is -2.60. The van der Waals surface area contributed by atoms with Crippen molar-refractivity contribution in [2.45, 2.75) is 36.0 Å². The van der Waals surface area contributed by atoms with E-state index in [4.69, 9.17) is 39.5 Å². The van der Waals surface area contributed by atoms with Gasteiger partial charge in [-0.2, -0.15) is 0 Å². The predicted octanol–water partition coefficient (Wildman–Crippen LogP) is 3.28. The minimum Gasteiger partial charge on any atom is -0.373 e. The lowest BCUT2D eigenvalue weighted by Gasteiger charge is -2.42. The molecule has 1 saturated heterocycles. The summed E-state index contributed by atoms with van der Waals surface area (Å²) in [6.07, 6.45) is -0.671. The molecule has 0 saturated carbocycles. The number of thiophene rings is 1. The van der Waals surface area contributed by atoms with Crippen molar-refractivity contribution in [2.75, 3.05) is 13.1 Å². The van der Waals surface area contributed by atoms with Gasteiger partial charge in [0.25, 0.3) is 5.91 Å². The molecule has 2 rings (SSSR count). The van der Waals surface area contributed by atoms with E-state index in [0.29, 0.717) is 18.0 Å². The third-order valence-electron chi connectivity index (χ3n) is 3.14. The molecule has 0 radical (unpaired) electrons. The van der Waals surface area contributed by atoms with Gasteiger partial charge in [-0.1, -0.05) is 40.9 Å². The van der Waals surface area contributed by atoms with E-state index < -0.39 is 9.96 Å². The fourth-order valence-electron chi connectivity index (χ4n) is 2.41. The van der Waals surface area contributed by atoms with Gasteiger partial charge in [-0.05, 0) is 25.3 Å². The fraction of sp³-hybridized carbons (Fsp3) is 0.615. The Morgan fingerprint density at radius 2 is 2.05 bits per heavy atom. The van der Waals surface area contributed by atoms with Crippen molar-refractivity contribution in [1.29, 1.82) is 0 Å². The number of hydrogen-bond donors (Lipinski definition) is 1. The second-order valence-electron chi connectivity index (χ2n) is 5.11. The highest BCUT2D eigenvalue weighted by Gasteiger charge is 2.41. The molecule has 1 aliphatic rings. The van der Waals surface area contributed by atoms with Gasteiger partial charge in [0.05, 0.1) is 17.1 Å². The Labute approximate surface area is 143 Å². The normalized spacial score (nSPS) is 25.6. The Morgan fingerprint density at radius 1 is 1.43 bits per heavy atom. The van der Waals surface area contributed by atoms with Crippen LogP contribution in [0.3, 0.4) is 0 Å². The third-order valence-corrected chi connectivity index (χ3v) is 4.62. The topological polar surface area (TPSA) is 41.6 Å². The molecule has 21 heavy (non-hydrogen) atoms. The first-order valence-electron chi connectivity index (χ1n) is 6.58. The minimum absolute atomic E-state index is 0.0160. The molecule has 1 N–H and O–H groups in total. The molecule has 1 amide bonds. The van der Waals surface area contributed by atoms with Crippen LogP contribution in [0.4, 0.5) is 0 Å². The van der Waals surface area contributed by atoms with Crippen LogP contribution in [0.5, 0.6) is 0 Å². The Balaban J connectivity index is 2.13. The van der Waals surface area contributed by atoms with Gasteiger partial charge >= 0.3 is 0 Å². The number of alkyl halides is 3. The lowest BCUT2D eigenvalue weighted by atomic mass is 10.2. The van der Waals surface area contributed by atoms with Gasteiger partial charge in [0.15, 0.2) is 0 Å². The van der Waals surface area contributed by atoms with Gasteiger partial charge in [0, 0.05) is 13.1 Å². The molecule has 1 aliphatic heterocycles. The second-order valence-corrected chi connectivity index (χ2v) is 8.42. The van der Waals surface area contributed by atoms with Gasteiger partial charge in [0.2, 0.25) is 3.79 Å². The highest BCUT2D eigenvalue weighted by atomic mass is 35.6. The number of carbonyl (C=O) groups excluding carboxylic acids is 1. The van der Waals surface area contributed by atoms with Crippen LogP contribution in [0.15, 0.2) is 17.5 Å². The van der Waals surface area contributed by atoms with E-state index >= 15 is 0 Å². The molecule has 4 nitrogen and oxygen atoms in total. The molecular weight excluding hydrogens is 355 g/mol. The van der Waals surface area contributed by atoms with E-state index in [1.807, 2.05) is 30.2 Å². The number of nitrogens with zero attached hydrogens (tertiary/aromatic N) is 1. The van der Waals surface area contributed by atoms with Crippen LogP contribution in [0.1, 0.15) is 23.5 Å². The number of amides is 1. The molecule has 0 bridgehead atoms. The summed E-state index contributed by atoms with van der Waals surface area (Å²) in [6.45, 7) is 5.10. The van der Waals surface area contributed by atoms with Crippen molar-refractivity contribution in [3.05, 3.63) is 22.4 Å². The molecule has 8 heteroatoms. The lowest BCUT2D eigenvalue weighted by molar-refractivity contribution is -0.0826. The highest BCUT2D eigenvalue weighted by molar-refractivity contribution is 7.12. The quantitative estimate of drug-likeness (QED) is 0.829. The minimum atomic E-state index is -1.62. The number of ether oxygens (including phenoxy) is 1. The summed E-state index contributed by atoms with van der Waals surface area (Å²) < 4.78 is 4.05. The zero-order valence-corrected chi connectivity index (χ0v) is 14.8. The number of halogens is 3. The molecule has 0 aliphatic carbocycles. The van der Waals surface area contributed by atoms with Gasteiger partial charge in [-0.3, -0.25) is 9.69 Å². The van der Waals surface area contributed by atoms with Crippen LogP contribution in [0, 0.1) is 0 Å². The van der Waals surface area contributed by atoms with Gasteiger partial charge in [0.1, 0.15) is 6.17 Å². The number of nitrogens with one attached hydrogen (secondary N) is 1. The Bertz CT molecular complexity index is 468. The summed E-state index contributed by atoms with van der Waals surface area (Å²) in [5, 5.41) is 4.65. The molecule has 0 spiro atoms. The van der Waals surface area contributed by atoms with E-state index in [1.165, 1.54) is 11.3 Å². The van der Waals surface area contributed by atoms with Crippen LogP contribution in [0.25, 0.3) is 0 Å². The first-order chi connectivity index (χ1) is 9.77. The molecule has 2 heterocycles. The van der Waals surface area contributed by atoms with Gasteiger partial charge in [-0.25, -0.2) is 0 Å². The number of hydrogen-bond acceptors (Lipinski definition) is 4. The standard InChI is InChI=1S/C13H17Cl3N2O2S/c1-8-6-18(7-9(2)20-8)12(13(14,15)16)17-11(19)10-4-3-5-21-10/h3-5,8-9,12H,6-7H2,1-2H3,(H,17,19)/t8-,9-,12-/m1/s1. The van der Waals surface area contributed by atoms with Crippen molar-refractivity contribution < 1.29 is 9.53 Å². The Kier molecular flexibility index (Phi) is 5.79. The van der Waals surface area contributed by atoms with E-state index in [1.54, 1.807) is 6.07 Å². The second kappa shape index (κ2) is 7.02. The number of rotatable bonds is 3. The van der Waals surface area contributed by atoms with Crippen LogP contribution in [-0.4, -0.2) is 46.1 Å². The van der Waals surface area contributed by atoms with Crippen molar-refractivity contribution in [2.24, 2.45) is 0 Å². The van der Waals surface area contributed by atoms with E-state index in [9.17, 15) is 4.79 Å². The van der Waals surface area contributed by atoms with Crippen molar-refractivity contribution in [3.8, 4) is 0 Å². The first kappa shape index (κ1) is 17.3. The smallest absolute Gasteiger partial charge is 0.262 e. The average Bonchev–Trinajstić information content (AvgIpc) is 2.86. The summed E-state index contributed by atoms with van der Waals surface area (Å²) in [7, 11) is 0. The molecular formula is C13H17Cl3N2O2S. The molecule has 0 aromatic carbocycles. The monoisotopic (exact) mass is 370 g/mol. The maximum absolute atomic E-state index is 12.2. The van der Waals surface area contributed by atoms with Crippen molar-refractivity contribution in [1.82, 2.24) is 10.2 Å².